The number of rotatable bonds is 5. The highest BCUT2D eigenvalue weighted by atomic mass is 19.1. The van der Waals surface area contributed by atoms with Gasteiger partial charge in [-0.05, 0) is 42.5 Å². The van der Waals surface area contributed by atoms with Gasteiger partial charge in [-0.3, -0.25) is 4.79 Å². The van der Waals surface area contributed by atoms with Crippen molar-refractivity contribution in [3.8, 4) is 5.75 Å². The molecule has 0 unspecified atom stereocenters. The first-order chi connectivity index (χ1) is 13.0. The van der Waals surface area contributed by atoms with Crippen LogP contribution >= 0.6 is 0 Å². The second-order valence-corrected chi connectivity index (χ2v) is 5.74. The lowest BCUT2D eigenvalue weighted by Crippen LogP contribution is -2.26. The van der Waals surface area contributed by atoms with Crippen molar-refractivity contribution in [1.82, 2.24) is 0 Å². The zero-order chi connectivity index (χ0) is 19.2. The molecule has 0 saturated heterocycles. The fraction of sp³-hybridized carbons (Fsp3) is 0.0476. The van der Waals surface area contributed by atoms with E-state index in [1.807, 2.05) is 0 Å². The number of ether oxygens (including phenoxy) is 1. The highest BCUT2D eigenvalue weighted by Gasteiger charge is 2.26. The molecule has 0 aromatic heterocycles. The number of carbonyl (C=O) groups is 2. The van der Waals surface area contributed by atoms with Crippen LogP contribution in [0.1, 0.15) is 22.0 Å². The van der Waals surface area contributed by atoms with Gasteiger partial charge in [-0.1, -0.05) is 36.4 Å². The van der Waals surface area contributed by atoms with Gasteiger partial charge in [0.25, 0.3) is 5.91 Å². The van der Waals surface area contributed by atoms with Crippen molar-refractivity contribution in [1.29, 1.82) is 0 Å². The second-order valence-electron chi connectivity index (χ2n) is 5.74. The van der Waals surface area contributed by atoms with Crippen molar-refractivity contribution in [3.63, 3.8) is 0 Å². The molecule has 27 heavy (non-hydrogen) atoms. The van der Waals surface area contributed by atoms with Gasteiger partial charge in [-0.15, -0.1) is 0 Å². The average molecular weight is 365 g/mol. The topological polar surface area (TPSA) is 75.6 Å². The molecule has 0 aliphatic carbocycles. The fourth-order valence-electron chi connectivity index (χ4n) is 2.45. The van der Waals surface area contributed by atoms with E-state index in [1.165, 1.54) is 48.5 Å². The summed E-state index contributed by atoms with van der Waals surface area (Å²) in [5.74, 6) is -1.85. The van der Waals surface area contributed by atoms with Crippen molar-refractivity contribution >= 4 is 17.6 Å². The lowest BCUT2D eigenvalue weighted by atomic mass is 10.1. The van der Waals surface area contributed by atoms with Crippen LogP contribution in [0.5, 0.6) is 5.75 Å². The van der Waals surface area contributed by atoms with Crippen LogP contribution in [0.15, 0.2) is 78.9 Å². The summed E-state index contributed by atoms with van der Waals surface area (Å²) in [6, 6.07) is 19.4. The SMILES string of the molecule is O=C(O[C@H](C(=O)Nc1ccc(F)cc1)c1ccccc1)c1cccc(O)c1. The van der Waals surface area contributed by atoms with E-state index in [-0.39, 0.29) is 11.3 Å². The Morgan fingerprint density at radius 2 is 1.63 bits per heavy atom. The minimum Gasteiger partial charge on any atom is -0.508 e. The Kier molecular flexibility index (Phi) is 5.47. The maximum Gasteiger partial charge on any atom is 0.339 e. The number of anilines is 1. The zero-order valence-electron chi connectivity index (χ0n) is 14.1. The Balaban J connectivity index is 1.83. The van der Waals surface area contributed by atoms with E-state index in [0.29, 0.717) is 11.3 Å². The summed E-state index contributed by atoms with van der Waals surface area (Å²) in [4.78, 5) is 25.1. The first kappa shape index (κ1) is 18.1. The Labute approximate surface area is 155 Å². The minimum atomic E-state index is -1.22. The molecular formula is C21H16FNO4. The number of aromatic hydroxyl groups is 1. The highest BCUT2D eigenvalue weighted by Crippen LogP contribution is 2.23. The summed E-state index contributed by atoms with van der Waals surface area (Å²) in [6.45, 7) is 0. The third-order valence-corrected chi connectivity index (χ3v) is 3.76. The number of carbonyl (C=O) groups excluding carboxylic acids is 2. The molecule has 0 radical (unpaired) electrons. The van der Waals surface area contributed by atoms with Gasteiger partial charge in [0.15, 0.2) is 0 Å². The molecule has 0 heterocycles. The molecule has 3 rings (SSSR count). The molecular weight excluding hydrogens is 349 g/mol. The quantitative estimate of drug-likeness (QED) is 0.669. The number of amides is 1. The number of halogens is 1. The van der Waals surface area contributed by atoms with Crippen LogP contribution in [0, 0.1) is 5.82 Å². The number of benzene rings is 3. The van der Waals surface area contributed by atoms with Crippen molar-refractivity contribution < 1.29 is 23.8 Å². The van der Waals surface area contributed by atoms with Crippen LogP contribution < -0.4 is 5.32 Å². The minimum absolute atomic E-state index is 0.0866. The third kappa shape index (κ3) is 4.70. The predicted molar refractivity (Wildman–Crippen MR) is 97.7 cm³/mol. The van der Waals surface area contributed by atoms with E-state index < -0.39 is 23.8 Å². The van der Waals surface area contributed by atoms with Crippen LogP contribution in [0.3, 0.4) is 0 Å². The number of esters is 1. The lowest BCUT2D eigenvalue weighted by Gasteiger charge is -2.18. The Hall–Kier alpha value is -3.67. The Bertz CT molecular complexity index is 942. The van der Waals surface area contributed by atoms with Crippen molar-refractivity contribution in [2.75, 3.05) is 5.32 Å². The van der Waals surface area contributed by atoms with Gasteiger partial charge in [0, 0.05) is 11.3 Å². The standard InChI is InChI=1S/C21H16FNO4/c22-16-9-11-17(12-10-16)23-20(25)19(14-5-2-1-3-6-14)27-21(26)15-7-4-8-18(24)13-15/h1-13,19,24H,(H,23,25)/t19-/m0/s1. The Morgan fingerprint density at radius 1 is 0.926 bits per heavy atom. The van der Waals surface area contributed by atoms with E-state index in [9.17, 15) is 19.1 Å². The molecule has 1 atom stereocenters. The van der Waals surface area contributed by atoms with Crippen molar-refractivity contribution in [2.45, 2.75) is 6.10 Å². The lowest BCUT2D eigenvalue weighted by molar-refractivity contribution is -0.125. The van der Waals surface area contributed by atoms with Gasteiger partial charge in [0.05, 0.1) is 5.56 Å². The first-order valence-corrected chi connectivity index (χ1v) is 8.14. The number of hydrogen-bond acceptors (Lipinski definition) is 4. The first-order valence-electron chi connectivity index (χ1n) is 8.14. The van der Waals surface area contributed by atoms with Gasteiger partial charge < -0.3 is 15.2 Å². The van der Waals surface area contributed by atoms with E-state index in [0.717, 1.165) is 0 Å². The largest absolute Gasteiger partial charge is 0.508 e. The number of phenolic OH excluding ortho intramolecular Hbond substituents is 1. The molecule has 3 aromatic rings. The molecule has 0 bridgehead atoms. The van der Waals surface area contributed by atoms with E-state index in [1.54, 1.807) is 30.3 Å². The molecule has 6 heteroatoms. The molecule has 136 valence electrons. The summed E-state index contributed by atoms with van der Waals surface area (Å²) in [5, 5.41) is 12.1. The molecule has 0 fully saturated rings. The van der Waals surface area contributed by atoms with Crippen LogP contribution in [0.2, 0.25) is 0 Å². The summed E-state index contributed by atoms with van der Waals surface area (Å²) in [5.41, 5.74) is 0.965. The normalized spacial score (nSPS) is 11.4. The smallest absolute Gasteiger partial charge is 0.339 e. The molecule has 0 saturated carbocycles. The number of phenols is 1. The number of hydrogen-bond donors (Lipinski definition) is 2. The monoisotopic (exact) mass is 365 g/mol. The summed E-state index contributed by atoms with van der Waals surface area (Å²) < 4.78 is 18.4. The molecule has 0 aliphatic heterocycles. The molecule has 5 nitrogen and oxygen atoms in total. The van der Waals surface area contributed by atoms with Gasteiger partial charge in [0.1, 0.15) is 11.6 Å². The van der Waals surface area contributed by atoms with Gasteiger partial charge in [-0.2, -0.15) is 0 Å². The van der Waals surface area contributed by atoms with Crippen LogP contribution in [-0.4, -0.2) is 17.0 Å². The molecule has 0 spiro atoms. The van der Waals surface area contributed by atoms with E-state index in [4.69, 9.17) is 4.74 Å². The molecule has 2 N–H and O–H groups in total. The summed E-state index contributed by atoms with van der Waals surface area (Å²) >= 11 is 0. The molecule has 1 amide bonds. The maximum absolute atomic E-state index is 13.0. The molecule has 3 aromatic carbocycles. The zero-order valence-corrected chi connectivity index (χ0v) is 14.1. The Morgan fingerprint density at radius 3 is 2.30 bits per heavy atom. The molecule has 0 aliphatic rings. The van der Waals surface area contributed by atoms with Crippen LogP contribution in [0.4, 0.5) is 10.1 Å². The summed E-state index contributed by atoms with van der Waals surface area (Å²) in [7, 11) is 0. The predicted octanol–water partition coefficient (Wildman–Crippen LogP) is 4.07. The second kappa shape index (κ2) is 8.14. The van der Waals surface area contributed by atoms with Crippen molar-refractivity contribution in [3.05, 3.63) is 95.8 Å². The van der Waals surface area contributed by atoms with E-state index >= 15 is 0 Å². The third-order valence-electron chi connectivity index (χ3n) is 3.76. The van der Waals surface area contributed by atoms with Crippen LogP contribution in [0.25, 0.3) is 0 Å². The van der Waals surface area contributed by atoms with Crippen LogP contribution in [-0.2, 0) is 9.53 Å². The number of nitrogens with one attached hydrogen (secondary N) is 1. The maximum atomic E-state index is 13.0. The fourth-order valence-corrected chi connectivity index (χ4v) is 2.45. The van der Waals surface area contributed by atoms with Crippen molar-refractivity contribution in [2.24, 2.45) is 0 Å². The highest BCUT2D eigenvalue weighted by molar-refractivity contribution is 5.98. The van der Waals surface area contributed by atoms with E-state index in [2.05, 4.69) is 5.32 Å². The van der Waals surface area contributed by atoms with Gasteiger partial charge in [-0.25, -0.2) is 9.18 Å². The summed E-state index contributed by atoms with van der Waals surface area (Å²) in [6.07, 6.45) is -1.22. The van der Waals surface area contributed by atoms with Gasteiger partial charge in [0.2, 0.25) is 6.10 Å². The average Bonchev–Trinajstić information content (AvgIpc) is 2.68. The van der Waals surface area contributed by atoms with Gasteiger partial charge >= 0.3 is 5.97 Å².